The molecule has 2 aliphatic heterocycles. The molecule has 1 saturated heterocycles. The van der Waals surface area contributed by atoms with Crippen LogP contribution in [0.3, 0.4) is 0 Å². The average molecular weight is 375 g/mol. The number of nitrogens with zero attached hydrogens (tertiary/aromatic N) is 3. The van der Waals surface area contributed by atoms with Crippen molar-refractivity contribution in [2.45, 2.75) is 39.3 Å². The summed E-state index contributed by atoms with van der Waals surface area (Å²) in [6.45, 7) is 7.68. The maximum atomic E-state index is 12.8. The van der Waals surface area contributed by atoms with Crippen LogP contribution in [-0.4, -0.2) is 27.7 Å². The van der Waals surface area contributed by atoms with Crippen molar-refractivity contribution in [3.8, 4) is 11.1 Å². The molecule has 2 bridgehead atoms. The van der Waals surface area contributed by atoms with Gasteiger partial charge in [0.1, 0.15) is 5.76 Å². The summed E-state index contributed by atoms with van der Waals surface area (Å²) in [7, 11) is 0. The predicted octanol–water partition coefficient (Wildman–Crippen LogP) is 3.74. The number of piperidine rings is 1. The summed E-state index contributed by atoms with van der Waals surface area (Å²) >= 11 is 0. The lowest BCUT2D eigenvalue weighted by atomic mass is 9.82. The number of pyridine rings is 1. The molecule has 0 unspecified atom stereocenters. The molecular formula is C23H25N3O2. The van der Waals surface area contributed by atoms with Gasteiger partial charge < -0.3 is 9.09 Å². The second kappa shape index (κ2) is 6.74. The monoisotopic (exact) mass is 375 g/mol. The van der Waals surface area contributed by atoms with Gasteiger partial charge in [-0.3, -0.25) is 9.69 Å². The normalized spacial score (nSPS) is 21.5. The van der Waals surface area contributed by atoms with Gasteiger partial charge in [-0.15, -0.1) is 0 Å². The first kappa shape index (κ1) is 17.4. The van der Waals surface area contributed by atoms with E-state index in [0.717, 1.165) is 55.2 Å². The molecule has 2 atom stereocenters. The molecular weight excluding hydrogens is 350 g/mol. The Morgan fingerprint density at radius 2 is 1.89 bits per heavy atom. The summed E-state index contributed by atoms with van der Waals surface area (Å²) in [6.07, 6.45) is 1.16. The summed E-state index contributed by atoms with van der Waals surface area (Å²) < 4.78 is 7.36. The fourth-order valence-electron chi connectivity index (χ4n) is 4.94. The Bertz CT molecular complexity index is 1050. The molecule has 0 radical (unpaired) electrons. The summed E-state index contributed by atoms with van der Waals surface area (Å²) in [5, 5.41) is 4.10. The highest BCUT2D eigenvalue weighted by Gasteiger charge is 2.35. The van der Waals surface area contributed by atoms with Crippen LogP contribution in [0.2, 0.25) is 0 Å². The first-order valence-electron chi connectivity index (χ1n) is 10.0. The van der Waals surface area contributed by atoms with Crippen LogP contribution in [0.15, 0.2) is 51.8 Å². The van der Waals surface area contributed by atoms with Gasteiger partial charge in [0.05, 0.1) is 5.69 Å². The van der Waals surface area contributed by atoms with Gasteiger partial charge in [0.15, 0.2) is 0 Å². The first-order valence-corrected chi connectivity index (χ1v) is 10.0. The number of hydrogen-bond acceptors (Lipinski definition) is 4. The highest BCUT2D eigenvalue weighted by atomic mass is 16.5. The number of aryl methyl sites for hydroxylation is 2. The summed E-state index contributed by atoms with van der Waals surface area (Å²) in [5.41, 5.74) is 5.63. The van der Waals surface area contributed by atoms with Crippen molar-refractivity contribution in [3.05, 3.63) is 75.5 Å². The van der Waals surface area contributed by atoms with Gasteiger partial charge in [-0.05, 0) is 43.4 Å². The van der Waals surface area contributed by atoms with E-state index in [4.69, 9.17) is 4.52 Å². The lowest BCUT2D eigenvalue weighted by Gasteiger charge is -2.43. The van der Waals surface area contributed by atoms with Gasteiger partial charge in [-0.1, -0.05) is 35.5 Å². The largest absolute Gasteiger partial charge is 0.361 e. The molecule has 0 aliphatic carbocycles. The second-order valence-corrected chi connectivity index (χ2v) is 8.28. The molecule has 0 spiro atoms. The van der Waals surface area contributed by atoms with Crippen LogP contribution in [0.25, 0.3) is 11.1 Å². The van der Waals surface area contributed by atoms with E-state index in [2.05, 4.69) is 28.3 Å². The molecule has 3 aromatic rings. The molecule has 0 N–H and O–H groups in total. The van der Waals surface area contributed by atoms with Crippen molar-refractivity contribution in [3.63, 3.8) is 0 Å². The van der Waals surface area contributed by atoms with Crippen molar-refractivity contribution in [2.24, 2.45) is 5.92 Å². The van der Waals surface area contributed by atoms with E-state index in [1.807, 2.05) is 36.6 Å². The third-order valence-electron chi connectivity index (χ3n) is 6.30. The molecule has 5 nitrogen and oxygen atoms in total. The van der Waals surface area contributed by atoms with Crippen LogP contribution >= 0.6 is 0 Å². The number of benzene rings is 1. The summed E-state index contributed by atoms with van der Waals surface area (Å²) in [6, 6.07) is 14.2. The Morgan fingerprint density at radius 3 is 2.64 bits per heavy atom. The Hall–Kier alpha value is -2.66. The number of likely N-dealkylation sites (tertiary alicyclic amines) is 1. The number of aromatic nitrogens is 2. The quantitative estimate of drug-likeness (QED) is 0.700. The minimum atomic E-state index is 0.130. The van der Waals surface area contributed by atoms with Crippen molar-refractivity contribution < 1.29 is 4.52 Å². The Labute approximate surface area is 164 Å². The molecule has 0 amide bonds. The van der Waals surface area contributed by atoms with E-state index in [0.29, 0.717) is 11.8 Å². The summed E-state index contributed by atoms with van der Waals surface area (Å²) in [4.78, 5) is 15.4. The molecule has 5 rings (SSSR count). The first-order chi connectivity index (χ1) is 13.6. The van der Waals surface area contributed by atoms with Gasteiger partial charge >= 0.3 is 0 Å². The SMILES string of the molecule is Cc1noc(C)c1CN1C[C@@H]2C[C@H](C1)c1cc(-c3ccccc3)cc(=O)n1C2. The van der Waals surface area contributed by atoms with Crippen molar-refractivity contribution in [1.29, 1.82) is 0 Å². The topological polar surface area (TPSA) is 51.3 Å². The number of rotatable bonds is 3. The molecule has 1 aromatic carbocycles. The van der Waals surface area contributed by atoms with E-state index >= 15 is 0 Å². The minimum absolute atomic E-state index is 0.130. The highest BCUT2D eigenvalue weighted by Crippen LogP contribution is 2.37. The Morgan fingerprint density at radius 1 is 1.07 bits per heavy atom. The number of fused-ring (bicyclic) bond motifs is 4. The molecule has 0 saturated carbocycles. The molecule has 4 heterocycles. The Balaban J connectivity index is 1.47. The van der Waals surface area contributed by atoms with Crippen LogP contribution in [-0.2, 0) is 13.1 Å². The standard InChI is InChI=1S/C23H25N3O2/c1-15-21(16(2)28-24-15)14-25-11-17-8-20(13-25)22-9-19(10-23(27)26(22)12-17)18-6-4-3-5-7-18/h3-7,9-10,17,20H,8,11-14H2,1-2H3/t17-,20+/m0/s1. The van der Waals surface area contributed by atoms with Gasteiger partial charge in [-0.25, -0.2) is 0 Å². The average Bonchev–Trinajstić information content (AvgIpc) is 3.01. The van der Waals surface area contributed by atoms with E-state index in [1.54, 1.807) is 6.07 Å². The number of hydrogen-bond donors (Lipinski definition) is 0. The van der Waals surface area contributed by atoms with Crippen molar-refractivity contribution in [1.82, 2.24) is 14.6 Å². The lowest BCUT2D eigenvalue weighted by Crippen LogP contribution is -2.46. The van der Waals surface area contributed by atoms with Gasteiger partial charge in [0.25, 0.3) is 5.56 Å². The van der Waals surface area contributed by atoms with Crippen LogP contribution < -0.4 is 5.56 Å². The zero-order valence-electron chi connectivity index (χ0n) is 16.4. The fraction of sp³-hybridized carbons (Fsp3) is 0.391. The van der Waals surface area contributed by atoms with E-state index < -0.39 is 0 Å². The van der Waals surface area contributed by atoms with Crippen LogP contribution in [0.5, 0.6) is 0 Å². The summed E-state index contributed by atoms with van der Waals surface area (Å²) in [5.74, 6) is 1.83. The molecule has 28 heavy (non-hydrogen) atoms. The van der Waals surface area contributed by atoms with Crippen LogP contribution in [0.1, 0.15) is 35.1 Å². The minimum Gasteiger partial charge on any atom is -0.361 e. The zero-order valence-corrected chi connectivity index (χ0v) is 16.4. The van der Waals surface area contributed by atoms with E-state index in [1.165, 1.54) is 11.3 Å². The van der Waals surface area contributed by atoms with Gasteiger partial charge in [-0.2, -0.15) is 0 Å². The van der Waals surface area contributed by atoms with Crippen molar-refractivity contribution in [2.75, 3.05) is 13.1 Å². The Kier molecular flexibility index (Phi) is 4.20. The van der Waals surface area contributed by atoms with Crippen molar-refractivity contribution >= 4 is 0 Å². The maximum absolute atomic E-state index is 12.8. The highest BCUT2D eigenvalue weighted by molar-refractivity contribution is 5.63. The predicted molar refractivity (Wildman–Crippen MR) is 108 cm³/mol. The van der Waals surface area contributed by atoms with Crippen LogP contribution in [0, 0.1) is 19.8 Å². The maximum Gasteiger partial charge on any atom is 0.251 e. The van der Waals surface area contributed by atoms with E-state index in [9.17, 15) is 4.79 Å². The molecule has 5 heteroatoms. The van der Waals surface area contributed by atoms with Crippen LogP contribution in [0.4, 0.5) is 0 Å². The second-order valence-electron chi connectivity index (χ2n) is 8.28. The molecule has 1 fully saturated rings. The van der Waals surface area contributed by atoms with Gasteiger partial charge in [0, 0.05) is 49.4 Å². The molecule has 144 valence electrons. The van der Waals surface area contributed by atoms with Gasteiger partial charge in [0.2, 0.25) is 0 Å². The fourth-order valence-corrected chi connectivity index (χ4v) is 4.94. The third-order valence-corrected chi connectivity index (χ3v) is 6.30. The third kappa shape index (κ3) is 3.00. The molecule has 2 aromatic heterocycles. The zero-order chi connectivity index (χ0) is 19.3. The smallest absolute Gasteiger partial charge is 0.251 e. The lowest BCUT2D eigenvalue weighted by molar-refractivity contribution is 0.114. The van der Waals surface area contributed by atoms with E-state index in [-0.39, 0.29) is 5.56 Å². The molecule has 2 aliphatic rings.